The third kappa shape index (κ3) is 4.65. The lowest BCUT2D eigenvalue weighted by molar-refractivity contribution is -0.104. The first-order valence-corrected chi connectivity index (χ1v) is 9.74. The molecule has 0 unspecified atom stereocenters. The molecule has 1 aliphatic rings. The molecule has 8 nitrogen and oxygen atoms in total. The summed E-state index contributed by atoms with van der Waals surface area (Å²) < 4.78 is 18.2. The van der Waals surface area contributed by atoms with Crippen LogP contribution in [0.1, 0.15) is 5.56 Å². The van der Waals surface area contributed by atoms with Crippen molar-refractivity contribution in [3.8, 4) is 17.2 Å². The zero-order valence-electron chi connectivity index (χ0n) is 17.8. The van der Waals surface area contributed by atoms with Crippen molar-refractivity contribution in [2.24, 2.45) is 12.0 Å². The summed E-state index contributed by atoms with van der Waals surface area (Å²) in [5.41, 5.74) is 2.91. The first-order chi connectivity index (χ1) is 14.6. The number of nitrogens with zero attached hydrogens (tertiary/aromatic N) is 3. The lowest BCUT2D eigenvalue weighted by atomic mass is 10.1. The van der Waals surface area contributed by atoms with E-state index < -0.39 is 0 Å². The van der Waals surface area contributed by atoms with Gasteiger partial charge in [0, 0.05) is 57.1 Å². The minimum absolute atomic E-state index is 0.495. The van der Waals surface area contributed by atoms with E-state index in [-0.39, 0.29) is 0 Å². The monoisotopic (exact) mass is 412 g/mol. The first kappa shape index (κ1) is 21.4. The van der Waals surface area contributed by atoms with Crippen LogP contribution in [0.25, 0.3) is 5.70 Å². The maximum absolute atomic E-state index is 11.3. The van der Waals surface area contributed by atoms with Gasteiger partial charge in [0.25, 0.3) is 0 Å². The van der Waals surface area contributed by atoms with Crippen LogP contribution in [0.5, 0.6) is 17.2 Å². The Labute approximate surface area is 176 Å². The number of allylic oxidation sites excluding steroid dienone is 1. The summed E-state index contributed by atoms with van der Waals surface area (Å²) in [4.78, 5) is 18.4. The van der Waals surface area contributed by atoms with Gasteiger partial charge in [-0.1, -0.05) is 0 Å². The number of nitrogens with one attached hydrogen (secondary N) is 1. The molecule has 0 bridgehead atoms. The molecule has 1 fully saturated rings. The summed E-state index contributed by atoms with van der Waals surface area (Å²) in [6.45, 7) is 3.76. The van der Waals surface area contributed by atoms with Gasteiger partial charge in [0.1, 0.15) is 6.29 Å². The van der Waals surface area contributed by atoms with E-state index in [1.54, 1.807) is 33.5 Å². The number of piperazine rings is 1. The van der Waals surface area contributed by atoms with Crippen molar-refractivity contribution < 1.29 is 19.0 Å². The number of carbonyl (C=O) groups is 1. The maximum atomic E-state index is 11.3. The summed E-state index contributed by atoms with van der Waals surface area (Å²) in [5.74, 6) is 1.80. The topological polar surface area (TPSA) is 77.3 Å². The van der Waals surface area contributed by atoms with E-state index in [2.05, 4.69) is 10.2 Å². The predicted molar refractivity (Wildman–Crippen MR) is 116 cm³/mol. The molecule has 1 aromatic heterocycles. The quantitative estimate of drug-likeness (QED) is 0.550. The minimum atomic E-state index is 0.495. The summed E-state index contributed by atoms with van der Waals surface area (Å²) in [7, 11) is 6.68. The van der Waals surface area contributed by atoms with Crippen molar-refractivity contribution in [1.82, 2.24) is 9.88 Å². The van der Waals surface area contributed by atoms with E-state index in [9.17, 15) is 4.79 Å². The van der Waals surface area contributed by atoms with Gasteiger partial charge >= 0.3 is 0 Å². The van der Waals surface area contributed by atoms with Crippen molar-refractivity contribution in [3.05, 3.63) is 47.6 Å². The van der Waals surface area contributed by atoms with Gasteiger partial charge in [0.15, 0.2) is 22.7 Å². The number of benzene rings is 1. The van der Waals surface area contributed by atoms with Gasteiger partial charge in [-0.3, -0.25) is 4.79 Å². The lowest BCUT2D eigenvalue weighted by Gasteiger charge is -2.30. The van der Waals surface area contributed by atoms with Crippen LogP contribution in [-0.4, -0.2) is 58.4 Å². The molecule has 1 saturated heterocycles. The van der Waals surface area contributed by atoms with Crippen LogP contribution in [0.15, 0.2) is 41.5 Å². The zero-order chi connectivity index (χ0) is 21.5. The molecule has 0 atom stereocenters. The number of hydrogen-bond acceptors (Lipinski definition) is 7. The van der Waals surface area contributed by atoms with Gasteiger partial charge in [-0.2, -0.15) is 0 Å². The molecule has 2 heterocycles. The lowest BCUT2D eigenvalue weighted by Crippen LogP contribution is -2.44. The second-order valence-corrected chi connectivity index (χ2v) is 6.81. The van der Waals surface area contributed by atoms with Crippen LogP contribution in [0.3, 0.4) is 0 Å². The van der Waals surface area contributed by atoms with E-state index in [4.69, 9.17) is 19.2 Å². The Morgan fingerprint density at radius 2 is 1.73 bits per heavy atom. The highest BCUT2D eigenvalue weighted by atomic mass is 16.5. The number of methoxy groups -OCH3 is 3. The van der Waals surface area contributed by atoms with Crippen molar-refractivity contribution in [3.63, 3.8) is 0 Å². The van der Waals surface area contributed by atoms with E-state index in [0.29, 0.717) is 28.4 Å². The average molecular weight is 412 g/mol. The summed E-state index contributed by atoms with van der Waals surface area (Å²) in [6.07, 6.45) is 4.17. The van der Waals surface area contributed by atoms with E-state index in [0.717, 1.165) is 43.7 Å². The van der Waals surface area contributed by atoms with E-state index in [1.807, 2.05) is 29.9 Å². The number of carbonyl (C=O) groups excluding carboxylic acids is 1. The number of aldehydes is 1. The van der Waals surface area contributed by atoms with Gasteiger partial charge < -0.3 is 29.0 Å². The Kier molecular flexibility index (Phi) is 7.13. The molecule has 3 rings (SSSR count). The Balaban J connectivity index is 2.08. The Morgan fingerprint density at radius 1 is 1.03 bits per heavy atom. The molecule has 0 saturated carbocycles. The number of pyridine rings is 1. The van der Waals surface area contributed by atoms with Crippen LogP contribution < -0.4 is 29.9 Å². The molecule has 0 radical (unpaired) electrons. The molecule has 1 aliphatic heterocycles. The van der Waals surface area contributed by atoms with Crippen LogP contribution in [-0.2, 0) is 11.8 Å². The van der Waals surface area contributed by atoms with E-state index in [1.165, 1.54) is 6.08 Å². The SMILES string of the molecule is COc1ccc(/C(=C/C=O)N=c2c(OC)cc(N3CCNCC3)cn2C)cc1OC. The third-order valence-corrected chi connectivity index (χ3v) is 4.99. The van der Waals surface area contributed by atoms with Crippen molar-refractivity contribution in [2.45, 2.75) is 0 Å². The highest BCUT2D eigenvalue weighted by molar-refractivity contribution is 5.81. The molecule has 160 valence electrons. The Bertz CT molecular complexity index is 991. The van der Waals surface area contributed by atoms with Crippen molar-refractivity contribution >= 4 is 17.7 Å². The third-order valence-electron chi connectivity index (χ3n) is 4.99. The zero-order valence-corrected chi connectivity index (χ0v) is 17.8. The molecule has 1 N–H and O–H groups in total. The number of anilines is 1. The highest BCUT2D eigenvalue weighted by Crippen LogP contribution is 2.30. The van der Waals surface area contributed by atoms with Gasteiger partial charge in [-0.15, -0.1) is 0 Å². The molecule has 8 heteroatoms. The van der Waals surface area contributed by atoms with Crippen molar-refractivity contribution in [2.75, 3.05) is 52.4 Å². The van der Waals surface area contributed by atoms with Crippen LogP contribution in [0.4, 0.5) is 5.69 Å². The fourth-order valence-electron chi connectivity index (χ4n) is 3.42. The van der Waals surface area contributed by atoms with E-state index >= 15 is 0 Å². The molecule has 2 aromatic rings. The number of aromatic nitrogens is 1. The molecular weight excluding hydrogens is 384 g/mol. The normalized spacial score (nSPS) is 15.1. The fraction of sp³-hybridized carbons (Fsp3) is 0.364. The molecule has 0 aliphatic carbocycles. The number of hydrogen-bond donors (Lipinski definition) is 1. The van der Waals surface area contributed by atoms with Crippen molar-refractivity contribution in [1.29, 1.82) is 0 Å². The van der Waals surface area contributed by atoms with Gasteiger partial charge in [0.05, 0.1) is 32.7 Å². The van der Waals surface area contributed by atoms with Crippen LogP contribution in [0.2, 0.25) is 0 Å². The second kappa shape index (κ2) is 9.98. The standard InChI is InChI=1S/C22H28N4O4/c1-25-15-17(26-10-8-23-9-11-26)14-21(30-4)22(25)24-18(7-12-27)16-5-6-19(28-2)20(13-16)29-3/h5-7,12-15,23H,8-11H2,1-4H3/b18-7-,24-22?. The Hall–Kier alpha value is -3.26. The van der Waals surface area contributed by atoms with Gasteiger partial charge in [0.2, 0.25) is 0 Å². The minimum Gasteiger partial charge on any atom is -0.493 e. The molecule has 0 amide bonds. The predicted octanol–water partition coefficient (Wildman–Crippen LogP) is 1.60. The Morgan fingerprint density at radius 3 is 2.37 bits per heavy atom. The first-order valence-electron chi connectivity index (χ1n) is 9.74. The average Bonchev–Trinajstić information content (AvgIpc) is 2.79. The fourth-order valence-corrected chi connectivity index (χ4v) is 3.42. The van der Waals surface area contributed by atoms with Crippen LogP contribution in [0, 0.1) is 0 Å². The second-order valence-electron chi connectivity index (χ2n) is 6.81. The molecule has 1 aromatic carbocycles. The molecule has 0 spiro atoms. The number of ether oxygens (including phenoxy) is 3. The molecular formula is C22H28N4O4. The largest absolute Gasteiger partial charge is 0.493 e. The van der Waals surface area contributed by atoms with Gasteiger partial charge in [-0.25, -0.2) is 4.99 Å². The van der Waals surface area contributed by atoms with Crippen LogP contribution >= 0.6 is 0 Å². The number of aryl methyl sites for hydroxylation is 1. The summed E-state index contributed by atoms with van der Waals surface area (Å²) >= 11 is 0. The molecule has 30 heavy (non-hydrogen) atoms. The maximum Gasteiger partial charge on any atom is 0.175 e. The van der Waals surface area contributed by atoms with Gasteiger partial charge in [-0.05, 0) is 18.2 Å². The summed E-state index contributed by atoms with van der Waals surface area (Å²) in [5, 5.41) is 3.36. The summed E-state index contributed by atoms with van der Waals surface area (Å²) in [6, 6.07) is 7.39. The number of rotatable bonds is 7. The highest BCUT2D eigenvalue weighted by Gasteiger charge is 2.14. The smallest absolute Gasteiger partial charge is 0.175 e.